The van der Waals surface area contributed by atoms with Crippen LogP contribution in [-0.4, -0.2) is 57.1 Å². The summed E-state index contributed by atoms with van der Waals surface area (Å²) < 4.78 is 2.13. The Morgan fingerprint density at radius 1 is 1.04 bits per heavy atom. The van der Waals surface area contributed by atoms with Gasteiger partial charge in [-0.3, -0.25) is 0 Å². The number of nitrogens with zero attached hydrogens (tertiary/aromatic N) is 6. The molecular weight excluding hydrogens is 324 g/mol. The number of fused-ring (bicyclic) bond motifs is 1. The van der Waals surface area contributed by atoms with Crippen LogP contribution >= 0.6 is 0 Å². The third kappa shape index (κ3) is 3.00. The fraction of sp³-hybridized carbons (Fsp3) is 0.650. The Balaban J connectivity index is 1.17. The zero-order chi connectivity index (χ0) is 17.5. The summed E-state index contributed by atoms with van der Waals surface area (Å²) in [6, 6.07) is 2.25. The molecule has 2 aromatic rings. The topological polar surface area (TPSA) is 50.1 Å². The van der Waals surface area contributed by atoms with Crippen molar-refractivity contribution in [3.05, 3.63) is 36.3 Å². The first kappa shape index (κ1) is 16.2. The van der Waals surface area contributed by atoms with Gasteiger partial charge in [0.2, 0.25) is 0 Å². The molecule has 6 heteroatoms. The molecule has 0 N–H and O–H groups in total. The Morgan fingerprint density at radius 3 is 2.50 bits per heavy atom. The minimum atomic E-state index is 0.681. The van der Waals surface area contributed by atoms with Crippen molar-refractivity contribution in [2.24, 2.45) is 18.9 Å². The van der Waals surface area contributed by atoms with Crippen LogP contribution in [0.2, 0.25) is 0 Å². The van der Waals surface area contributed by atoms with Crippen molar-refractivity contribution in [1.29, 1.82) is 0 Å². The molecule has 5 rings (SSSR count). The average Bonchev–Trinajstić information content (AvgIpc) is 3.26. The molecule has 2 unspecified atom stereocenters. The van der Waals surface area contributed by atoms with Crippen LogP contribution in [-0.2, 0) is 13.5 Å². The second-order valence-electron chi connectivity index (χ2n) is 8.32. The highest BCUT2D eigenvalue weighted by Crippen LogP contribution is 2.37. The highest BCUT2D eigenvalue weighted by molar-refractivity contribution is 5.42. The number of anilines is 1. The Hall–Kier alpha value is -1.95. The van der Waals surface area contributed by atoms with Gasteiger partial charge in [-0.1, -0.05) is 6.42 Å². The zero-order valence-electron chi connectivity index (χ0n) is 15.6. The SMILES string of the molecule is Cn1ccnc1CCN1CC2CN(c3cc(C4CCC4)ncn3)CC2C1. The fourth-order valence-electron chi connectivity index (χ4n) is 4.82. The van der Waals surface area contributed by atoms with Crippen molar-refractivity contribution < 1.29 is 0 Å². The molecule has 0 amide bonds. The van der Waals surface area contributed by atoms with E-state index in [1.54, 1.807) is 6.33 Å². The molecule has 0 bridgehead atoms. The monoisotopic (exact) mass is 352 g/mol. The molecule has 0 spiro atoms. The van der Waals surface area contributed by atoms with Crippen LogP contribution in [0.4, 0.5) is 5.82 Å². The number of hydrogen-bond donors (Lipinski definition) is 0. The number of aromatic nitrogens is 4. The molecule has 6 nitrogen and oxygen atoms in total. The van der Waals surface area contributed by atoms with Crippen LogP contribution in [0, 0.1) is 11.8 Å². The maximum absolute atomic E-state index is 4.58. The lowest BCUT2D eigenvalue weighted by atomic mass is 9.83. The Labute approximate surface area is 155 Å². The number of imidazole rings is 1. The van der Waals surface area contributed by atoms with Crippen LogP contribution < -0.4 is 4.90 Å². The number of hydrogen-bond acceptors (Lipinski definition) is 5. The minimum absolute atomic E-state index is 0.681. The Morgan fingerprint density at radius 2 is 1.85 bits per heavy atom. The molecule has 1 aliphatic carbocycles. The number of likely N-dealkylation sites (tertiary alicyclic amines) is 1. The number of rotatable bonds is 5. The van der Waals surface area contributed by atoms with Crippen molar-refractivity contribution in [2.75, 3.05) is 37.6 Å². The highest BCUT2D eigenvalue weighted by atomic mass is 15.3. The van der Waals surface area contributed by atoms with E-state index in [1.807, 2.05) is 12.4 Å². The van der Waals surface area contributed by atoms with Crippen LogP contribution in [0.25, 0.3) is 0 Å². The molecule has 26 heavy (non-hydrogen) atoms. The number of aryl methyl sites for hydroxylation is 1. The maximum atomic E-state index is 4.58. The van der Waals surface area contributed by atoms with Gasteiger partial charge in [0.15, 0.2) is 0 Å². The molecule has 3 fully saturated rings. The van der Waals surface area contributed by atoms with Crippen LogP contribution in [0.3, 0.4) is 0 Å². The molecule has 138 valence electrons. The second-order valence-corrected chi connectivity index (χ2v) is 8.32. The minimum Gasteiger partial charge on any atom is -0.356 e. The molecule has 2 atom stereocenters. The van der Waals surface area contributed by atoms with Gasteiger partial charge in [-0.05, 0) is 24.7 Å². The lowest BCUT2D eigenvalue weighted by Gasteiger charge is -2.26. The summed E-state index contributed by atoms with van der Waals surface area (Å²) in [4.78, 5) is 18.7. The first-order valence-corrected chi connectivity index (χ1v) is 10.0. The predicted octanol–water partition coefficient (Wildman–Crippen LogP) is 2.09. The van der Waals surface area contributed by atoms with E-state index in [1.165, 1.54) is 43.9 Å². The van der Waals surface area contributed by atoms with Gasteiger partial charge in [-0.2, -0.15) is 0 Å². The normalized spacial score (nSPS) is 26.3. The summed E-state index contributed by atoms with van der Waals surface area (Å²) in [6.45, 7) is 5.84. The molecule has 4 heterocycles. The predicted molar refractivity (Wildman–Crippen MR) is 101 cm³/mol. The van der Waals surface area contributed by atoms with Gasteiger partial charge in [0.1, 0.15) is 18.0 Å². The molecular formula is C20H28N6. The smallest absolute Gasteiger partial charge is 0.132 e. The summed E-state index contributed by atoms with van der Waals surface area (Å²) >= 11 is 0. The molecule has 0 aromatic carbocycles. The van der Waals surface area contributed by atoms with Crippen LogP contribution in [0.5, 0.6) is 0 Å². The second kappa shape index (κ2) is 6.65. The summed E-state index contributed by atoms with van der Waals surface area (Å²) in [5.41, 5.74) is 1.26. The van der Waals surface area contributed by atoms with Crippen molar-refractivity contribution in [2.45, 2.75) is 31.6 Å². The Kier molecular flexibility index (Phi) is 4.15. The molecule has 2 aliphatic heterocycles. The molecule has 3 aliphatic rings. The van der Waals surface area contributed by atoms with Crippen molar-refractivity contribution >= 4 is 5.82 Å². The van der Waals surface area contributed by atoms with Crippen LogP contribution in [0.1, 0.15) is 36.7 Å². The van der Waals surface area contributed by atoms with E-state index >= 15 is 0 Å². The van der Waals surface area contributed by atoms with E-state index in [0.29, 0.717) is 5.92 Å². The molecule has 0 radical (unpaired) electrons. The first-order chi connectivity index (χ1) is 12.8. The van der Waals surface area contributed by atoms with Crippen LogP contribution in [0.15, 0.2) is 24.8 Å². The Bertz CT molecular complexity index is 753. The summed E-state index contributed by atoms with van der Waals surface area (Å²) in [5, 5.41) is 0. The summed E-state index contributed by atoms with van der Waals surface area (Å²) in [5.74, 6) is 4.57. The van der Waals surface area contributed by atoms with Gasteiger partial charge in [0.05, 0.1) is 0 Å². The quantitative estimate of drug-likeness (QED) is 0.825. The van der Waals surface area contributed by atoms with E-state index in [-0.39, 0.29) is 0 Å². The molecule has 2 aromatic heterocycles. The van der Waals surface area contributed by atoms with E-state index < -0.39 is 0 Å². The van der Waals surface area contributed by atoms with Gasteiger partial charge in [-0.15, -0.1) is 0 Å². The zero-order valence-corrected chi connectivity index (χ0v) is 15.6. The third-order valence-corrected chi connectivity index (χ3v) is 6.66. The molecule has 2 saturated heterocycles. The fourth-order valence-corrected chi connectivity index (χ4v) is 4.82. The maximum Gasteiger partial charge on any atom is 0.132 e. The van der Waals surface area contributed by atoms with Gasteiger partial charge in [-0.25, -0.2) is 15.0 Å². The van der Waals surface area contributed by atoms with Crippen molar-refractivity contribution in [1.82, 2.24) is 24.4 Å². The van der Waals surface area contributed by atoms with E-state index in [4.69, 9.17) is 0 Å². The lowest BCUT2D eigenvalue weighted by Crippen LogP contribution is -2.31. The summed E-state index contributed by atoms with van der Waals surface area (Å²) in [7, 11) is 2.08. The van der Waals surface area contributed by atoms with Gasteiger partial charge >= 0.3 is 0 Å². The van der Waals surface area contributed by atoms with E-state index in [0.717, 1.165) is 43.7 Å². The van der Waals surface area contributed by atoms with Crippen molar-refractivity contribution in [3.63, 3.8) is 0 Å². The van der Waals surface area contributed by atoms with Crippen molar-refractivity contribution in [3.8, 4) is 0 Å². The average molecular weight is 352 g/mol. The molecule has 1 saturated carbocycles. The lowest BCUT2D eigenvalue weighted by molar-refractivity contribution is 0.317. The van der Waals surface area contributed by atoms with Gasteiger partial charge < -0.3 is 14.4 Å². The van der Waals surface area contributed by atoms with Gasteiger partial charge in [0.25, 0.3) is 0 Å². The standard InChI is InChI=1S/C20H28N6/c1-24-8-6-21-19(24)5-7-25-10-16-12-26(13-17(16)11-25)20-9-18(22-14-23-20)15-3-2-4-15/h6,8-9,14-17H,2-5,7,10-13H2,1H3. The first-order valence-electron chi connectivity index (χ1n) is 10.0. The highest BCUT2D eigenvalue weighted by Gasteiger charge is 2.40. The third-order valence-electron chi connectivity index (χ3n) is 6.66. The van der Waals surface area contributed by atoms with E-state index in [9.17, 15) is 0 Å². The summed E-state index contributed by atoms with van der Waals surface area (Å²) in [6.07, 6.45) is 10.7. The largest absolute Gasteiger partial charge is 0.356 e. The van der Waals surface area contributed by atoms with E-state index in [2.05, 4.69) is 42.4 Å². The van der Waals surface area contributed by atoms with Gasteiger partial charge in [0, 0.05) is 76.3 Å².